The highest BCUT2D eigenvalue weighted by molar-refractivity contribution is 6.35. The Morgan fingerprint density at radius 2 is 1.79 bits per heavy atom. The lowest BCUT2D eigenvalue weighted by Crippen LogP contribution is -2.21. The van der Waals surface area contributed by atoms with Gasteiger partial charge in [0.15, 0.2) is 0 Å². The summed E-state index contributed by atoms with van der Waals surface area (Å²) in [7, 11) is 0. The summed E-state index contributed by atoms with van der Waals surface area (Å²) in [5, 5.41) is 11.4. The largest absolute Gasteiger partial charge is 0.489 e. The van der Waals surface area contributed by atoms with Crippen LogP contribution < -0.4 is 19.9 Å². The highest BCUT2D eigenvalue weighted by Gasteiger charge is 2.31. The van der Waals surface area contributed by atoms with E-state index in [1.807, 2.05) is 12.1 Å². The summed E-state index contributed by atoms with van der Waals surface area (Å²) in [5.41, 5.74) is 9.44. The molecule has 0 saturated heterocycles. The Bertz CT molecular complexity index is 1980. The third-order valence-electron chi connectivity index (χ3n) is 7.11. The molecule has 1 atom stereocenters. The van der Waals surface area contributed by atoms with E-state index in [9.17, 15) is 14.4 Å². The predicted octanol–water partition coefficient (Wildman–Crippen LogP) is 8.20. The molecule has 0 bridgehead atoms. The molecule has 0 radical (unpaired) electrons. The molecule has 1 aromatic heterocycles. The maximum Gasteiger partial charge on any atom is 0.379 e. The molecule has 0 aliphatic carbocycles. The highest BCUT2D eigenvalue weighted by atomic mass is 35.5. The van der Waals surface area contributed by atoms with Crippen molar-refractivity contribution >= 4 is 40.1 Å². The van der Waals surface area contributed by atoms with Crippen molar-refractivity contribution in [3.63, 3.8) is 0 Å². The van der Waals surface area contributed by atoms with Gasteiger partial charge in [0.25, 0.3) is 0 Å². The van der Waals surface area contributed by atoms with Crippen molar-refractivity contribution in [2.24, 2.45) is 5.73 Å². The van der Waals surface area contributed by atoms with Crippen molar-refractivity contribution in [1.29, 1.82) is 5.26 Å². The number of rotatable bonds is 6. The Kier molecular flexibility index (Phi) is 7.45. The fourth-order valence-corrected chi connectivity index (χ4v) is 5.40. The number of nitrogens with two attached hydrogens (primary N) is 1. The van der Waals surface area contributed by atoms with E-state index in [0.717, 1.165) is 11.1 Å². The van der Waals surface area contributed by atoms with Gasteiger partial charge in [-0.1, -0.05) is 47.5 Å². The number of hydrogen-bond donors (Lipinski definition) is 1. The van der Waals surface area contributed by atoms with E-state index in [1.165, 1.54) is 24.3 Å². The number of furan rings is 1. The van der Waals surface area contributed by atoms with E-state index in [0.29, 0.717) is 43.6 Å². The summed E-state index contributed by atoms with van der Waals surface area (Å²) in [4.78, 5) is 13.0. The minimum atomic E-state index is -0.752. The third kappa shape index (κ3) is 5.48. The molecule has 1 unspecified atom stereocenters. The minimum Gasteiger partial charge on any atom is -0.489 e. The Morgan fingerprint density at radius 1 is 1.02 bits per heavy atom. The van der Waals surface area contributed by atoms with Gasteiger partial charge in [0, 0.05) is 38.2 Å². The van der Waals surface area contributed by atoms with Crippen molar-refractivity contribution in [2.45, 2.75) is 19.4 Å². The van der Waals surface area contributed by atoms with Gasteiger partial charge in [-0.3, -0.25) is 0 Å². The molecular weight excluding hydrogens is 594 g/mol. The van der Waals surface area contributed by atoms with Crippen LogP contribution in [0.15, 0.2) is 94.7 Å². The first-order chi connectivity index (χ1) is 20.7. The number of halogens is 3. The molecule has 2 N–H and O–H groups in total. The van der Waals surface area contributed by atoms with Gasteiger partial charge in [-0.2, -0.15) is 5.26 Å². The molecule has 0 amide bonds. The number of carbonyl (C=O) groups excluding carboxylic acids is 1. The standard InChI is InChI=1S/C33H21Cl2FN2O5/c1-17-25-13-21(36)6-11-28(25)42-31(17)33(39)41-23-9-10-24-29(14-23)43-32(38)26(15-37)30(24)18-3-7-22(8-4-18)40-16-19-2-5-20(34)12-27(19)35/h2-14,30H,16,38H2,1H3. The zero-order valence-corrected chi connectivity index (χ0v) is 24.0. The van der Waals surface area contributed by atoms with E-state index in [1.54, 1.807) is 49.4 Å². The zero-order chi connectivity index (χ0) is 30.2. The number of nitriles is 1. The van der Waals surface area contributed by atoms with E-state index in [-0.39, 0.29) is 29.6 Å². The van der Waals surface area contributed by atoms with E-state index >= 15 is 0 Å². The number of nitrogens with zero attached hydrogens (tertiary/aromatic N) is 1. The van der Waals surface area contributed by atoms with Crippen LogP contribution in [0.2, 0.25) is 10.0 Å². The maximum absolute atomic E-state index is 13.7. The van der Waals surface area contributed by atoms with E-state index in [4.69, 9.17) is 47.6 Å². The molecule has 1 aliphatic rings. The molecule has 0 fully saturated rings. The van der Waals surface area contributed by atoms with E-state index in [2.05, 4.69) is 6.07 Å². The molecule has 0 saturated carbocycles. The summed E-state index contributed by atoms with van der Waals surface area (Å²) in [6.45, 7) is 1.90. The van der Waals surface area contributed by atoms with Crippen molar-refractivity contribution in [1.82, 2.24) is 0 Å². The fourth-order valence-electron chi connectivity index (χ4n) is 4.94. The first-order valence-corrected chi connectivity index (χ1v) is 13.8. The minimum absolute atomic E-state index is 0.0380. The number of allylic oxidation sites excluding steroid dienone is 1. The topological polar surface area (TPSA) is 108 Å². The number of aryl methyl sites for hydroxylation is 1. The van der Waals surface area contributed by atoms with Crippen LogP contribution in [0.3, 0.4) is 0 Å². The molecule has 0 spiro atoms. The zero-order valence-electron chi connectivity index (χ0n) is 22.5. The molecular formula is C33H21Cl2FN2O5. The lowest BCUT2D eigenvalue weighted by molar-refractivity contribution is 0.0702. The number of carbonyl (C=O) groups is 1. The van der Waals surface area contributed by atoms with Gasteiger partial charge in [0.1, 0.15) is 46.9 Å². The van der Waals surface area contributed by atoms with Crippen LogP contribution in [-0.4, -0.2) is 5.97 Å². The second-order valence-corrected chi connectivity index (χ2v) is 10.6. The van der Waals surface area contributed by atoms with Crippen LogP contribution in [0.1, 0.15) is 38.7 Å². The lowest BCUT2D eigenvalue weighted by Gasteiger charge is -2.26. The van der Waals surface area contributed by atoms with Crippen LogP contribution in [0, 0.1) is 24.1 Å². The summed E-state index contributed by atoms with van der Waals surface area (Å²) < 4.78 is 36.5. The summed E-state index contributed by atoms with van der Waals surface area (Å²) >= 11 is 12.2. The first kappa shape index (κ1) is 28.2. The molecule has 214 valence electrons. The van der Waals surface area contributed by atoms with Gasteiger partial charge in [0.05, 0.1) is 5.92 Å². The number of esters is 1. The second-order valence-electron chi connectivity index (χ2n) is 9.80. The lowest BCUT2D eigenvalue weighted by atomic mass is 9.83. The van der Waals surface area contributed by atoms with Gasteiger partial charge < -0.3 is 24.4 Å². The Hall–Kier alpha value is -4.97. The number of hydrogen-bond acceptors (Lipinski definition) is 7. The van der Waals surface area contributed by atoms with Crippen LogP contribution in [0.4, 0.5) is 4.39 Å². The fraction of sp³-hybridized carbons (Fsp3) is 0.0909. The summed E-state index contributed by atoms with van der Waals surface area (Å²) in [5.74, 6) is -0.725. The van der Waals surface area contributed by atoms with E-state index < -0.39 is 17.7 Å². The van der Waals surface area contributed by atoms with Gasteiger partial charge in [-0.25, -0.2) is 9.18 Å². The van der Waals surface area contributed by atoms with Gasteiger partial charge >= 0.3 is 5.97 Å². The van der Waals surface area contributed by atoms with Crippen molar-refractivity contribution < 1.29 is 27.8 Å². The number of fused-ring (bicyclic) bond motifs is 2. The van der Waals surface area contributed by atoms with Crippen molar-refractivity contribution in [3.8, 4) is 23.3 Å². The average Bonchev–Trinajstić information content (AvgIpc) is 3.31. The molecule has 43 heavy (non-hydrogen) atoms. The first-order valence-electron chi connectivity index (χ1n) is 13.0. The van der Waals surface area contributed by atoms with Crippen molar-refractivity contribution in [3.05, 3.63) is 134 Å². The Labute approximate surface area is 255 Å². The summed E-state index contributed by atoms with van der Waals surface area (Å²) in [6, 6.07) is 23.4. The van der Waals surface area contributed by atoms with Crippen LogP contribution in [-0.2, 0) is 6.61 Å². The van der Waals surface area contributed by atoms with Crippen LogP contribution in [0.25, 0.3) is 11.0 Å². The molecule has 1 aliphatic heterocycles. The molecule has 7 nitrogen and oxygen atoms in total. The SMILES string of the molecule is Cc1c(C(=O)Oc2ccc3c(c2)OC(N)=C(C#N)C3c2ccc(OCc3ccc(Cl)cc3Cl)cc2)oc2ccc(F)cc12. The maximum atomic E-state index is 13.7. The third-order valence-corrected chi connectivity index (χ3v) is 7.69. The summed E-state index contributed by atoms with van der Waals surface area (Å²) in [6.07, 6.45) is 0. The van der Waals surface area contributed by atoms with Gasteiger partial charge in [-0.15, -0.1) is 0 Å². The molecule has 2 heterocycles. The highest BCUT2D eigenvalue weighted by Crippen LogP contribution is 2.44. The normalized spacial score (nSPS) is 14.2. The Balaban J connectivity index is 1.24. The predicted molar refractivity (Wildman–Crippen MR) is 159 cm³/mol. The Morgan fingerprint density at radius 3 is 2.53 bits per heavy atom. The van der Waals surface area contributed by atoms with Gasteiger partial charge in [-0.05, 0) is 61.0 Å². The van der Waals surface area contributed by atoms with Crippen LogP contribution >= 0.6 is 23.2 Å². The monoisotopic (exact) mass is 614 g/mol. The van der Waals surface area contributed by atoms with Gasteiger partial charge in [0.2, 0.25) is 11.6 Å². The van der Waals surface area contributed by atoms with Crippen LogP contribution in [0.5, 0.6) is 17.2 Å². The molecule has 10 heteroatoms. The van der Waals surface area contributed by atoms with Crippen molar-refractivity contribution in [2.75, 3.05) is 0 Å². The second kappa shape index (κ2) is 11.4. The smallest absolute Gasteiger partial charge is 0.379 e. The molecule has 5 aromatic rings. The average molecular weight is 615 g/mol. The number of ether oxygens (including phenoxy) is 3. The number of benzene rings is 4. The quantitative estimate of drug-likeness (QED) is 0.152. The molecule has 4 aromatic carbocycles. The molecule has 6 rings (SSSR count).